The Hall–Kier alpha value is -2.14. The SMILES string of the molecule is COc1ccc(S(=O)(=O)N2CCN(c3ccnc(N4CCOCC4)n3)CC2)cc1Cl. The highest BCUT2D eigenvalue weighted by atomic mass is 35.5. The number of ether oxygens (including phenoxy) is 2. The number of hydrogen-bond donors (Lipinski definition) is 0. The third kappa shape index (κ3) is 4.31. The van der Waals surface area contributed by atoms with E-state index in [-0.39, 0.29) is 9.92 Å². The van der Waals surface area contributed by atoms with Gasteiger partial charge in [0.15, 0.2) is 0 Å². The summed E-state index contributed by atoms with van der Waals surface area (Å²) in [6.07, 6.45) is 1.75. The maximum absolute atomic E-state index is 13.0. The first kappa shape index (κ1) is 21.1. The zero-order chi connectivity index (χ0) is 21.1. The number of rotatable bonds is 5. The third-order valence-corrected chi connectivity index (χ3v) is 7.44. The van der Waals surface area contributed by atoms with E-state index in [1.165, 1.54) is 23.5 Å². The van der Waals surface area contributed by atoms with Crippen LogP contribution in [0.2, 0.25) is 5.02 Å². The number of aromatic nitrogens is 2. The van der Waals surface area contributed by atoms with Gasteiger partial charge in [-0.1, -0.05) is 11.6 Å². The lowest BCUT2D eigenvalue weighted by atomic mass is 10.3. The minimum absolute atomic E-state index is 0.165. The van der Waals surface area contributed by atoms with Crippen molar-refractivity contribution in [2.45, 2.75) is 4.90 Å². The number of nitrogens with zero attached hydrogens (tertiary/aromatic N) is 5. The molecular formula is C19H24ClN5O4S. The summed E-state index contributed by atoms with van der Waals surface area (Å²) in [5.74, 6) is 1.93. The Kier molecular flexibility index (Phi) is 6.28. The van der Waals surface area contributed by atoms with Gasteiger partial charge in [0.1, 0.15) is 11.6 Å². The minimum Gasteiger partial charge on any atom is -0.495 e. The molecule has 0 spiro atoms. The first-order valence-electron chi connectivity index (χ1n) is 9.73. The number of methoxy groups -OCH3 is 1. The van der Waals surface area contributed by atoms with Gasteiger partial charge in [-0.3, -0.25) is 0 Å². The van der Waals surface area contributed by atoms with Crippen LogP contribution in [0, 0.1) is 0 Å². The van der Waals surface area contributed by atoms with Crippen LogP contribution in [0.5, 0.6) is 5.75 Å². The summed E-state index contributed by atoms with van der Waals surface area (Å²) in [6.45, 7) is 4.68. The van der Waals surface area contributed by atoms with Crippen LogP contribution < -0.4 is 14.5 Å². The van der Waals surface area contributed by atoms with Gasteiger partial charge in [-0.05, 0) is 24.3 Å². The topological polar surface area (TPSA) is 88.1 Å². The maximum atomic E-state index is 13.0. The second kappa shape index (κ2) is 8.93. The standard InChI is InChI=1S/C19H24ClN5O4S/c1-28-17-3-2-15(14-16(17)20)30(26,27)25-8-6-23(7-9-25)18-4-5-21-19(22-18)24-10-12-29-13-11-24/h2-5,14H,6-13H2,1H3. The molecule has 2 aromatic rings. The first-order chi connectivity index (χ1) is 14.5. The number of anilines is 2. The normalized spacial score (nSPS) is 18.5. The molecule has 3 heterocycles. The molecule has 11 heteroatoms. The fraction of sp³-hybridized carbons (Fsp3) is 0.474. The molecule has 2 aliphatic heterocycles. The van der Waals surface area contributed by atoms with Gasteiger partial charge in [0.25, 0.3) is 0 Å². The highest BCUT2D eigenvalue weighted by molar-refractivity contribution is 7.89. The van der Waals surface area contributed by atoms with Crippen molar-refractivity contribution in [1.29, 1.82) is 0 Å². The van der Waals surface area contributed by atoms with Crippen molar-refractivity contribution in [1.82, 2.24) is 14.3 Å². The Bertz CT molecular complexity index is 992. The average molecular weight is 454 g/mol. The van der Waals surface area contributed by atoms with Gasteiger partial charge in [-0.25, -0.2) is 13.4 Å². The lowest BCUT2D eigenvalue weighted by molar-refractivity contribution is 0.122. The molecule has 0 N–H and O–H groups in total. The molecule has 9 nitrogen and oxygen atoms in total. The molecular weight excluding hydrogens is 430 g/mol. The zero-order valence-corrected chi connectivity index (χ0v) is 18.3. The summed E-state index contributed by atoms with van der Waals surface area (Å²) in [6, 6.07) is 6.38. The van der Waals surface area contributed by atoms with Crippen LogP contribution in [0.1, 0.15) is 0 Å². The Morgan fingerprint density at radius 3 is 2.43 bits per heavy atom. The molecule has 0 bridgehead atoms. The lowest BCUT2D eigenvalue weighted by Crippen LogP contribution is -2.49. The fourth-order valence-electron chi connectivity index (χ4n) is 3.55. The zero-order valence-electron chi connectivity index (χ0n) is 16.7. The van der Waals surface area contributed by atoms with E-state index in [9.17, 15) is 8.42 Å². The summed E-state index contributed by atoms with van der Waals surface area (Å²) in [7, 11) is -2.14. The summed E-state index contributed by atoms with van der Waals surface area (Å²) in [5.41, 5.74) is 0. The lowest BCUT2D eigenvalue weighted by Gasteiger charge is -2.35. The van der Waals surface area contributed by atoms with Crippen LogP contribution in [-0.2, 0) is 14.8 Å². The number of sulfonamides is 1. The van der Waals surface area contributed by atoms with Gasteiger partial charge in [0.2, 0.25) is 16.0 Å². The van der Waals surface area contributed by atoms with E-state index < -0.39 is 10.0 Å². The highest BCUT2D eigenvalue weighted by Gasteiger charge is 2.29. The monoisotopic (exact) mass is 453 g/mol. The molecule has 1 aromatic heterocycles. The van der Waals surface area contributed by atoms with Crippen molar-refractivity contribution in [2.75, 3.05) is 69.4 Å². The molecule has 4 rings (SSSR count). The summed E-state index contributed by atoms with van der Waals surface area (Å²) in [4.78, 5) is 13.4. The number of piperazine rings is 1. The summed E-state index contributed by atoms with van der Waals surface area (Å²) in [5, 5.41) is 0.272. The Morgan fingerprint density at radius 1 is 1.03 bits per heavy atom. The molecule has 0 radical (unpaired) electrons. The van der Waals surface area contributed by atoms with Crippen LogP contribution in [0.3, 0.4) is 0 Å². The summed E-state index contributed by atoms with van der Waals surface area (Å²) >= 11 is 6.11. The molecule has 0 atom stereocenters. The Balaban J connectivity index is 1.44. The van der Waals surface area contributed by atoms with Crippen molar-refractivity contribution < 1.29 is 17.9 Å². The molecule has 162 valence electrons. The second-order valence-electron chi connectivity index (χ2n) is 7.00. The largest absolute Gasteiger partial charge is 0.495 e. The minimum atomic E-state index is -3.63. The number of halogens is 1. The Morgan fingerprint density at radius 2 is 1.77 bits per heavy atom. The molecule has 30 heavy (non-hydrogen) atoms. The average Bonchev–Trinajstić information content (AvgIpc) is 2.80. The van der Waals surface area contributed by atoms with E-state index in [1.54, 1.807) is 12.3 Å². The van der Waals surface area contributed by atoms with E-state index in [0.717, 1.165) is 18.9 Å². The predicted octanol–water partition coefficient (Wildman–Crippen LogP) is 1.49. The third-order valence-electron chi connectivity index (χ3n) is 5.25. The predicted molar refractivity (Wildman–Crippen MR) is 114 cm³/mol. The van der Waals surface area contributed by atoms with Gasteiger partial charge in [0.05, 0.1) is 30.2 Å². The first-order valence-corrected chi connectivity index (χ1v) is 11.6. The van der Waals surface area contributed by atoms with Crippen LogP contribution >= 0.6 is 11.6 Å². The van der Waals surface area contributed by atoms with E-state index >= 15 is 0 Å². The van der Waals surface area contributed by atoms with Crippen molar-refractivity contribution in [3.63, 3.8) is 0 Å². The van der Waals surface area contributed by atoms with Gasteiger partial charge < -0.3 is 19.3 Å². The number of hydrogen-bond acceptors (Lipinski definition) is 8. The smallest absolute Gasteiger partial charge is 0.243 e. The van der Waals surface area contributed by atoms with Crippen molar-refractivity contribution >= 4 is 33.4 Å². The van der Waals surface area contributed by atoms with Crippen molar-refractivity contribution in [3.8, 4) is 5.75 Å². The molecule has 2 aliphatic rings. The molecule has 0 unspecified atom stereocenters. The molecule has 0 aliphatic carbocycles. The molecule has 0 saturated carbocycles. The van der Waals surface area contributed by atoms with Crippen LogP contribution in [0.15, 0.2) is 35.4 Å². The van der Waals surface area contributed by atoms with E-state index in [0.29, 0.717) is 51.1 Å². The van der Waals surface area contributed by atoms with Crippen LogP contribution in [0.25, 0.3) is 0 Å². The van der Waals surface area contributed by atoms with Crippen molar-refractivity contribution in [2.24, 2.45) is 0 Å². The molecule has 0 amide bonds. The van der Waals surface area contributed by atoms with Gasteiger partial charge in [-0.2, -0.15) is 9.29 Å². The van der Waals surface area contributed by atoms with Gasteiger partial charge in [-0.15, -0.1) is 0 Å². The second-order valence-corrected chi connectivity index (χ2v) is 9.35. The molecule has 2 saturated heterocycles. The fourth-order valence-corrected chi connectivity index (χ4v) is 5.32. The van der Waals surface area contributed by atoms with Crippen molar-refractivity contribution in [3.05, 3.63) is 35.5 Å². The van der Waals surface area contributed by atoms with E-state index in [1.807, 2.05) is 6.07 Å². The van der Waals surface area contributed by atoms with Crippen LogP contribution in [0.4, 0.5) is 11.8 Å². The van der Waals surface area contributed by atoms with E-state index in [2.05, 4.69) is 19.8 Å². The summed E-state index contributed by atoms with van der Waals surface area (Å²) < 4.78 is 38.0. The van der Waals surface area contributed by atoms with Gasteiger partial charge >= 0.3 is 0 Å². The molecule has 2 fully saturated rings. The highest BCUT2D eigenvalue weighted by Crippen LogP contribution is 2.29. The Labute approximate surface area is 181 Å². The number of morpholine rings is 1. The molecule has 1 aromatic carbocycles. The quantitative estimate of drug-likeness (QED) is 0.672. The van der Waals surface area contributed by atoms with E-state index in [4.69, 9.17) is 21.1 Å². The van der Waals surface area contributed by atoms with Gasteiger partial charge in [0, 0.05) is 45.5 Å². The van der Waals surface area contributed by atoms with Crippen LogP contribution in [-0.4, -0.2) is 82.3 Å². The number of benzene rings is 1. The maximum Gasteiger partial charge on any atom is 0.243 e.